The first-order valence-corrected chi connectivity index (χ1v) is 8.56. The van der Waals surface area contributed by atoms with Gasteiger partial charge in [-0.1, -0.05) is 13.8 Å². The molecule has 0 bridgehead atoms. The van der Waals surface area contributed by atoms with Gasteiger partial charge in [-0.15, -0.1) is 0 Å². The Morgan fingerprint density at radius 2 is 1.70 bits per heavy atom. The second kappa shape index (κ2) is 7.66. The molecule has 0 aromatic carbocycles. The van der Waals surface area contributed by atoms with Crippen molar-refractivity contribution in [3.05, 3.63) is 0 Å². The molecular formula is C16H28N4O3. The van der Waals surface area contributed by atoms with Gasteiger partial charge in [-0.3, -0.25) is 9.59 Å². The number of amides is 4. The summed E-state index contributed by atoms with van der Waals surface area (Å²) in [4.78, 5) is 42.0. The Bertz CT molecular complexity index is 458. The van der Waals surface area contributed by atoms with Crippen LogP contribution in [0.25, 0.3) is 0 Å². The minimum absolute atomic E-state index is 0.0193. The van der Waals surface area contributed by atoms with Crippen LogP contribution in [-0.2, 0) is 9.59 Å². The molecule has 7 nitrogen and oxygen atoms in total. The molecule has 1 N–H and O–H groups in total. The molecule has 2 rings (SSSR count). The van der Waals surface area contributed by atoms with Gasteiger partial charge in [0.05, 0.1) is 0 Å². The first-order chi connectivity index (χ1) is 11.0. The van der Waals surface area contributed by atoms with Crippen LogP contribution in [0.1, 0.15) is 33.6 Å². The van der Waals surface area contributed by atoms with E-state index in [9.17, 15) is 14.4 Å². The molecule has 1 atom stereocenters. The van der Waals surface area contributed by atoms with E-state index in [0.29, 0.717) is 45.7 Å². The molecule has 0 saturated carbocycles. The normalized spacial score (nSPS) is 20.2. The molecule has 4 amide bonds. The van der Waals surface area contributed by atoms with E-state index in [4.69, 9.17) is 0 Å². The third-order valence-electron chi connectivity index (χ3n) is 4.54. The molecule has 0 spiro atoms. The van der Waals surface area contributed by atoms with E-state index in [1.807, 2.05) is 20.8 Å². The average Bonchev–Trinajstić information content (AvgIpc) is 2.93. The molecule has 2 fully saturated rings. The number of carbonyl (C=O) groups is 3. The minimum Gasteiger partial charge on any atom is -0.338 e. The summed E-state index contributed by atoms with van der Waals surface area (Å²) in [6.07, 6.45) is 1.38. The van der Waals surface area contributed by atoms with E-state index in [1.54, 1.807) is 14.7 Å². The van der Waals surface area contributed by atoms with E-state index >= 15 is 0 Å². The van der Waals surface area contributed by atoms with Crippen molar-refractivity contribution in [2.75, 3.05) is 39.3 Å². The van der Waals surface area contributed by atoms with Crippen molar-refractivity contribution in [3.8, 4) is 0 Å². The van der Waals surface area contributed by atoms with Crippen molar-refractivity contribution < 1.29 is 14.4 Å². The summed E-state index contributed by atoms with van der Waals surface area (Å²) < 4.78 is 0. The largest absolute Gasteiger partial charge is 0.338 e. The first kappa shape index (κ1) is 17.6. The Kier molecular flexibility index (Phi) is 5.85. The molecule has 130 valence electrons. The fourth-order valence-corrected chi connectivity index (χ4v) is 3.32. The number of hydrogen-bond acceptors (Lipinski definition) is 3. The second-order valence-electron chi connectivity index (χ2n) is 6.53. The van der Waals surface area contributed by atoms with E-state index in [0.717, 1.165) is 6.42 Å². The van der Waals surface area contributed by atoms with Gasteiger partial charge in [-0.2, -0.15) is 0 Å². The summed E-state index contributed by atoms with van der Waals surface area (Å²) in [7, 11) is 0. The number of nitrogens with zero attached hydrogens (tertiary/aromatic N) is 3. The Morgan fingerprint density at radius 1 is 1.09 bits per heavy atom. The van der Waals surface area contributed by atoms with Gasteiger partial charge >= 0.3 is 6.03 Å². The van der Waals surface area contributed by atoms with Crippen LogP contribution in [0.5, 0.6) is 0 Å². The van der Waals surface area contributed by atoms with Crippen LogP contribution in [0.15, 0.2) is 0 Å². The van der Waals surface area contributed by atoms with Crippen molar-refractivity contribution in [1.29, 1.82) is 0 Å². The predicted molar refractivity (Wildman–Crippen MR) is 86.8 cm³/mol. The van der Waals surface area contributed by atoms with Crippen LogP contribution >= 0.6 is 0 Å². The SMILES string of the molecule is CCNC(=O)N1CCN(C(=O)C(C(C)C)N2CCCC2=O)CC1. The number of urea groups is 1. The van der Waals surface area contributed by atoms with Crippen molar-refractivity contribution in [2.24, 2.45) is 5.92 Å². The average molecular weight is 324 g/mol. The summed E-state index contributed by atoms with van der Waals surface area (Å²) >= 11 is 0. The zero-order chi connectivity index (χ0) is 17.0. The molecule has 2 aliphatic rings. The summed E-state index contributed by atoms with van der Waals surface area (Å²) in [6, 6.07) is -0.448. The summed E-state index contributed by atoms with van der Waals surface area (Å²) in [6.45, 7) is 9.27. The lowest BCUT2D eigenvalue weighted by Crippen LogP contribution is -2.58. The number of likely N-dealkylation sites (tertiary alicyclic amines) is 1. The van der Waals surface area contributed by atoms with Gasteiger partial charge in [0.2, 0.25) is 11.8 Å². The van der Waals surface area contributed by atoms with Gasteiger partial charge in [0.15, 0.2) is 0 Å². The van der Waals surface area contributed by atoms with Crippen molar-refractivity contribution in [3.63, 3.8) is 0 Å². The lowest BCUT2D eigenvalue weighted by Gasteiger charge is -2.39. The molecule has 7 heteroatoms. The molecule has 0 radical (unpaired) electrons. The van der Waals surface area contributed by atoms with Crippen molar-refractivity contribution >= 4 is 17.8 Å². The molecule has 0 aliphatic carbocycles. The maximum Gasteiger partial charge on any atom is 0.317 e. The Hall–Kier alpha value is -1.79. The van der Waals surface area contributed by atoms with Crippen LogP contribution in [0, 0.1) is 5.92 Å². The van der Waals surface area contributed by atoms with Crippen molar-refractivity contribution in [1.82, 2.24) is 20.0 Å². The zero-order valence-electron chi connectivity index (χ0n) is 14.4. The van der Waals surface area contributed by atoms with Gasteiger partial charge in [0, 0.05) is 45.7 Å². The van der Waals surface area contributed by atoms with E-state index in [1.165, 1.54) is 0 Å². The summed E-state index contributed by atoms with van der Waals surface area (Å²) in [5, 5.41) is 2.78. The van der Waals surface area contributed by atoms with Crippen molar-refractivity contribution in [2.45, 2.75) is 39.7 Å². The zero-order valence-corrected chi connectivity index (χ0v) is 14.4. The number of carbonyl (C=O) groups excluding carboxylic acids is 3. The summed E-state index contributed by atoms with van der Waals surface area (Å²) in [5.74, 6) is 0.190. The number of rotatable bonds is 4. The predicted octanol–water partition coefficient (Wildman–Crippen LogP) is 0.507. The second-order valence-corrected chi connectivity index (χ2v) is 6.53. The highest BCUT2D eigenvalue weighted by atomic mass is 16.2. The van der Waals surface area contributed by atoms with E-state index in [2.05, 4.69) is 5.32 Å². The molecular weight excluding hydrogens is 296 g/mol. The molecule has 23 heavy (non-hydrogen) atoms. The van der Waals surface area contributed by atoms with Crippen LogP contribution in [0.2, 0.25) is 0 Å². The van der Waals surface area contributed by atoms with Crippen LogP contribution < -0.4 is 5.32 Å². The number of nitrogens with one attached hydrogen (secondary N) is 1. The fourth-order valence-electron chi connectivity index (χ4n) is 3.32. The summed E-state index contributed by atoms with van der Waals surface area (Å²) in [5.41, 5.74) is 0. The van der Waals surface area contributed by atoms with Crippen LogP contribution in [-0.4, -0.2) is 77.9 Å². The Labute approximate surface area is 138 Å². The molecule has 2 aliphatic heterocycles. The number of piperazine rings is 1. The molecule has 2 saturated heterocycles. The molecule has 2 heterocycles. The van der Waals surface area contributed by atoms with Crippen LogP contribution in [0.4, 0.5) is 4.79 Å². The fraction of sp³-hybridized carbons (Fsp3) is 0.812. The molecule has 0 aromatic heterocycles. The first-order valence-electron chi connectivity index (χ1n) is 8.56. The maximum atomic E-state index is 12.9. The Morgan fingerprint density at radius 3 is 2.17 bits per heavy atom. The highest BCUT2D eigenvalue weighted by Gasteiger charge is 2.38. The van der Waals surface area contributed by atoms with Gasteiger partial charge in [-0.05, 0) is 19.3 Å². The van der Waals surface area contributed by atoms with E-state index < -0.39 is 0 Å². The smallest absolute Gasteiger partial charge is 0.317 e. The lowest BCUT2D eigenvalue weighted by atomic mass is 10.0. The molecule has 1 unspecified atom stereocenters. The van der Waals surface area contributed by atoms with Gasteiger partial charge in [0.1, 0.15) is 6.04 Å². The third-order valence-corrected chi connectivity index (χ3v) is 4.54. The monoisotopic (exact) mass is 324 g/mol. The van der Waals surface area contributed by atoms with Gasteiger partial charge in [0.25, 0.3) is 0 Å². The maximum absolute atomic E-state index is 12.9. The van der Waals surface area contributed by atoms with Gasteiger partial charge < -0.3 is 20.0 Å². The standard InChI is InChI=1S/C16H28N4O3/c1-4-17-16(23)19-10-8-18(9-11-19)15(22)14(12(2)3)20-7-5-6-13(20)21/h12,14H,4-11H2,1-3H3,(H,17,23). The van der Waals surface area contributed by atoms with Crippen LogP contribution in [0.3, 0.4) is 0 Å². The molecule has 0 aromatic rings. The number of hydrogen-bond donors (Lipinski definition) is 1. The highest BCUT2D eigenvalue weighted by molar-refractivity contribution is 5.89. The Balaban J connectivity index is 1.97. The quantitative estimate of drug-likeness (QED) is 0.819. The lowest BCUT2D eigenvalue weighted by molar-refractivity contribution is -0.146. The van der Waals surface area contributed by atoms with Gasteiger partial charge in [-0.25, -0.2) is 4.79 Å². The topological polar surface area (TPSA) is 73.0 Å². The minimum atomic E-state index is -0.374. The highest BCUT2D eigenvalue weighted by Crippen LogP contribution is 2.21. The third kappa shape index (κ3) is 3.95. The van der Waals surface area contributed by atoms with E-state index in [-0.39, 0.29) is 29.8 Å².